The van der Waals surface area contributed by atoms with Gasteiger partial charge >= 0.3 is 0 Å². The van der Waals surface area contributed by atoms with Crippen LogP contribution in [-0.4, -0.2) is 36.3 Å². The molecule has 1 aromatic rings. The van der Waals surface area contributed by atoms with E-state index in [9.17, 15) is 0 Å². The van der Waals surface area contributed by atoms with Crippen LogP contribution >= 0.6 is 0 Å². The summed E-state index contributed by atoms with van der Waals surface area (Å²) >= 11 is 0. The van der Waals surface area contributed by atoms with Crippen molar-refractivity contribution in [2.75, 3.05) is 30.5 Å². The molecule has 3 N–H and O–H groups in total. The third kappa shape index (κ3) is 3.13. The summed E-state index contributed by atoms with van der Waals surface area (Å²) in [6, 6.07) is 0. The zero-order valence-electron chi connectivity index (χ0n) is 11.7. The van der Waals surface area contributed by atoms with Crippen molar-refractivity contribution in [2.45, 2.75) is 38.7 Å². The summed E-state index contributed by atoms with van der Waals surface area (Å²) < 4.78 is 5.47. The Morgan fingerprint density at radius 3 is 3.05 bits per heavy atom. The van der Waals surface area contributed by atoms with Crippen LogP contribution in [0, 0.1) is 0 Å². The van der Waals surface area contributed by atoms with Gasteiger partial charge in [0, 0.05) is 25.8 Å². The van der Waals surface area contributed by atoms with Crippen LogP contribution in [0.3, 0.4) is 0 Å². The number of methoxy groups -OCH3 is 1. The number of nitrogens with zero attached hydrogens (tertiary/aromatic N) is 3. The Morgan fingerprint density at radius 2 is 2.37 bits per heavy atom. The van der Waals surface area contributed by atoms with E-state index in [2.05, 4.69) is 27.2 Å². The topological polar surface area (TPSA) is 76.3 Å². The van der Waals surface area contributed by atoms with Crippen LogP contribution in [0.25, 0.3) is 0 Å². The molecule has 1 aliphatic heterocycles. The minimum absolute atomic E-state index is 0.285. The summed E-state index contributed by atoms with van der Waals surface area (Å²) in [6.07, 6.45) is 6.05. The van der Waals surface area contributed by atoms with Crippen molar-refractivity contribution in [3.8, 4) is 0 Å². The molecule has 0 amide bonds. The van der Waals surface area contributed by atoms with Crippen molar-refractivity contribution < 1.29 is 4.74 Å². The van der Waals surface area contributed by atoms with E-state index in [0.29, 0.717) is 0 Å². The molecule has 19 heavy (non-hydrogen) atoms. The molecule has 1 aromatic heterocycles. The summed E-state index contributed by atoms with van der Waals surface area (Å²) in [7, 11) is 1.77. The van der Waals surface area contributed by atoms with Crippen molar-refractivity contribution in [3.63, 3.8) is 0 Å². The first-order chi connectivity index (χ1) is 9.30. The van der Waals surface area contributed by atoms with Gasteiger partial charge in [-0.25, -0.2) is 15.8 Å². The van der Waals surface area contributed by atoms with E-state index in [1.165, 1.54) is 0 Å². The second kappa shape index (κ2) is 6.68. The molecule has 1 unspecified atom stereocenters. The summed E-state index contributed by atoms with van der Waals surface area (Å²) in [5.74, 6) is 7.27. The highest BCUT2D eigenvalue weighted by atomic mass is 16.5. The minimum Gasteiger partial charge on any atom is -0.380 e. The zero-order chi connectivity index (χ0) is 13.7. The fourth-order valence-corrected chi connectivity index (χ4v) is 2.60. The standard InChI is InChI=1S/C13H23N5O/c1-3-5-11-12(17-14)15-9-16-13(11)18-7-4-6-10(8-18)19-2/h9-10H,3-8,14H2,1-2H3,(H,15,16,17). The van der Waals surface area contributed by atoms with Crippen LogP contribution in [-0.2, 0) is 11.2 Å². The van der Waals surface area contributed by atoms with Crippen LogP contribution < -0.4 is 16.2 Å². The molecule has 106 valence electrons. The first-order valence-electron chi connectivity index (χ1n) is 6.88. The molecular formula is C13H23N5O. The summed E-state index contributed by atoms with van der Waals surface area (Å²) in [4.78, 5) is 11.0. The number of hydrazine groups is 1. The lowest BCUT2D eigenvalue weighted by Gasteiger charge is -2.34. The fraction of sp³-hybridized carbons (Fsp3) is 0.692. The van der Waals surface area contributed by atoms with Gasteiger partial charge in [-0.05, 0) is 19.3 Å². The number of piperidine rings is 1. The molecule has 1 saturated heterocycles. The average molecular weight is 265 g/mol. The molecule has 0 aliphatic carbocycles. The number of ether oxygens (including phenoxy) is 1. The van der Waals surface area contributed by atoms with Crippen LogP contribution in [0.5, 0.6) is 0 Å². The van der Waals surface area contributed by atoms with E-state index in [4.69, 9.17) is 10.6 Å². The van der Waals surface area contributed by atoms with Crippen LogP contribution in [0.4, 0.5) is 11.6 Å². The lowest BCUT2D eigenvalue weighted by atomic mass is 10.1. The second-order valence-electron chi connectivity index (χ2n) is 4.86. The van der Waals surface area contributed by atoms with Gasteiger partial charge in [0.05, 0.1) is 6.10 Å². The number of anilines is 2. The smallest absolute Gasteiger partial charge is 0.148 e. The van der Waals surface area contributed by atoms with E-state index in [0.717, 1.165) is 56.0 Å². The Bertz CT molecular complexity index is 412. The van der Waals surface area contributed by atoms with Crippen molar-refractivity contribution >= 4 is 11.6 Å². The molecule has 6 nitrogen and oxygen atoms in total. The van der Waals surface area contributed by atoms with Crippen molar-refractivity contribution in [1.29, 1.82) is 0 Å². The van der Waals surface area contributed by atoms with Crippen LogP contribution in [0.2, 0.25) is 0 Å². The largest absolute Gasteiger partial charge is 0.380 e. The Labute approximate surface area is 114 Å². The first-order valence-corrected chi connectivity index (χ1v) is 6.88. The SMILES string of the molecule is CCCc1c(NN)ncnc1N1CCCC(OC)C1. The highest BCUT2D eigenvalue weighted by Crippen LogP contribution is 2.27. The molecular weight excluding hydrogens is 242 g/mol. The molecule has 2 heterocycles. The average Bonchev–Trinajstić information content (AvgIpc) is 2.48. The lowest BCUT2D eigenvalue weighted by molar-refractivity contribution is 0.0891. The van der Waals surface area contributed by atoms with Gasteiger partial charge in [-0.3, -0.25) is 0 Å². The molecule has 0 aromatic carbocycles. The Hall–Kier alpha value is -1.40. The zero-order valence-corrected chi connectivity index (χ0v) is 11.7. The first kappa shape index (κ1) is 14.0. The van der Waals surface area contributed by atoms with Crippen molar-refractivity contribution in [2.24, 2.45) is 5.84 Å². The van der Waals surface area contributed by atoms with Gasteiger partial charge in [0.1, 0.15) is 18.0 Å². The van der Waals surface area contributed by atoms with Crippen molar-refractivity contribution in [1.82, 2.24) is 9.97 Å². The monoisotopic (exact) mass is 265 g/mol. The predicted octanol–water partition coefficient (Wildman–Crippen LogP) is 1.33. The second-order valence-corrected chi connectivity index (χ2v) is 4.86. The minimum atomic E-state index is 0.285. The molecule has 0 bridgehead atoms. The third-order valence-electron chi connectivity index (χ3n) is 3.57. The van der Waals surface area contributed by atoms with Crippen LogP contribution in [0.1, 0.15) is 31.7 Å². The van der Waals surface area contributed by atoms with Crippen molar-refractivity contribution in [3.05, 3.63) is 11.9 Å². The predicted molar refractivity (Wildman–Crippen MR) is 76.1 cm³/mol. The van der Waals surface area contributed by atoms with Gasteiger partial charge in [0.25, 0.3) is 0 Å². The molecule has 1 aliphatic rings. The van der Waals surface area contributed by atoms with Gasteiger partial charge in [0.15, 0.2) is 0 Å². The van der Waals surface area contributed by atoms with E-state index < -0.39 is 0 Å². The van der Waals surface area contributed by atoms with Gasteiger partial charge in [-0.2, -0.15) is 0 Å². The quantitative estimate of drug-likeness (QED) is 0.618. The maximum Gasteiger partial charge on any atom is 0.148 e. The number of aromatic nitrogens is 2. The van der Waals surface area contributed by atoms with Crippen LogP contribution in [0.15, 0.2) is 6.33 Å². The summed E-state index contributed by atoms with van der Waals surface area (Å²) in [5, 5.41) is 0. The van der Waals surface area contributed by atoms with E-state index in [1.54, 1.807) is 13.4 Å². The number of nitrogens with one attached hydrogen (secondary N) is 1. The Kier molecular flexibility index (Phi) is 4.93. The number of nitrogens with two attached hydrogens (primary N) is 1. The van der Waals surface area contributed by atoms with Gasteiger partial charge in [-0.15, -0.1) is 0 Å². The Balaban J connectivity index is 2.27. The van der Waals surface area contributed by atoms with E-state index >= 15 is 0 Å². The van der Waals surface area contributed by atoms with Gasteiger partial charge < -0.3 is 15.1 Å². The summed E-state index contributed by atoms with van der Waals surface area (Å²) in [5.41, 5.74) is 3.78. The number of nitrogen functional groups attached to an aromatic ring is 1. The molecule has 6 heteroatoms. The highest BCUT2D eigenvalue weighted by molar-refractivity contribution is 5.58. The molecule has 1 fully saturated rings. The normalized spacial score (nSPS) is 19.5. The fourth-order valence-electron chi connectivity index (χ4n) is 2.60. The molecule has 0 saturated carbocycles. The number of hydrogen-bond donors (Lipinski definition) is 2. The molecule has 0 radical (unpaired) electrons. The molecule has 2 rings (SSSR count). The number of hydrogen-bond acceptors (Lipinski definition) is 6. The summed E-state index contributed by atoms with van der Waals surface area (Å²) in [6.45, 7) is 4.04. The Morgan fingerprint density at radius 1 is 1.53 bits per heavy atom. The van der Waals surface area contributed by atoms with E-state index in [-0.39, 0.29) is 6.10 Å². The van der Waals surface area contributed by atoms with E-state index in [1.807, 2.05) is 0 Å². The van der Waals surface area contributed by atoms with Gasteiger partial charge in [-0.1, -0.05) is 13.3 Å². The molecule has 0 spiro atoms. The maximum absolute atomic E-state index is 5.55. The third-order valence-corrected chi connectivity index (χ3v) is 3.57. The maximum atomic E-state index is 5.55. The highest BCUT2D eigenvalue weighted by Gasteiger charge is 2.23. The number of rotatable bonds is 5. The van der Waals surface area contributed by atoms with Gasteiger partial charge in [0.2, 0.25) is 0 Å². The lowest BCUT2D eigenvalue weighted by Crippen LogP contribution is -2.40. The molecule has 1 atom stereocenters.